The van der Waals surface area contributed by atoms with E-state index >= 15 is 13.2 Å². The quantitative estimate of drug-likeness (QED) is 0.333. The molecule has 13 heteroatoms. The molecule has 198 valence electrons. The molecule has 1 aliphatic heterocycles. The molecule has 38 heavy (non-hydrogen) atoms. The molecule has 2 unspecified atom stereocenters. The molecule has 1 aliphatic rings. The van der Waals surface area contributed by atoms with E-state index in [9.17, 15) is 23.1 Å². The van der Waals surface area contributed by atoms with Crippen LogP contribution in [0.1, 0.15) is 18.1 Å². The number of rotatable bonds is 4. The fourth-order valence-electron chi connectivity index (χ4n) is 4.39. The van der Waals surface area contributed by atoms with Gasteiger partial charge in [-0.2, -0.15) is 18.4 Å². The zero-order valence-electron chi connectivity index (χ0n) is 19.2. The molecule has 0 bridgehead atoms. The highest BCUT2D eigenvalue weighted by Crippen LogP contribution is 2.57. The summed E-state index contributed by atoms with van der Waals surface area (Å²) in [5.41, 5.74) is -7.81. The Morgan fingerprint density at radius 3 is 2.00 bits per heavy atom. The van der Waals surface area contributed by atoms with Crippen molar-refractivity contribution in [2.45, 2.75) is 30.7 Å². The summed E-state index contributed by atoms with van der Waals surface area (Å²) in [7, 11) is 0. The van der Waals surface area contributed by atoms with Gasteiger partial charge in [0.25, 0.3) is 0 Å². The minimum atomic E-state index is -5.34. The van der Waals surface area contributed by atoms with Gasteiger partial charge in [-0.05, 0) is 67.6 Å². The first kappa shape index (κ1) is 27.3. The summed E-state index contributed by atoms with van der Waals surface area (Å²) in [6.45, 7) is 0.569. The van der Waals surface area contributed by atoms with Crippen LogP contribution in [0.4, 0.5) is 42.5 Å². The zero-order valence-corrected chi connectivity index (χ0v) is 20.8. The lowest BCUT2D eigenvalue weighted by molar-refractivity contribution is -0.274. The largest absolute Gasteiger partial charge is 0.573 e. The molecule has 0 aromatic heterocycles. The Morgan fingerprint density at radius 2 is 1.47 bits per heavy atom. The normalized spacial score (nSPS) is 21.9. The molecule has 0 radical (unpaired) electrons. The summed E-state index contributed by atoms with van der Waals surface area (Å²) in [5, 5.41) is 21.1. The number of amides is 2. The van der Waals surface area contributed by atoms with Gasteiger partial charge in [0.1, 0.15) is 5.75 Å². The third-order valence-electron chi connectivity index (χ3n) is 6.19. The van der Waals surface area contributed by atoms with Gasteiger partial charge in [-0.1, -0.05) is 28.1 Å². The van der Waals surface area contributed by atoms with Crippen molar-refractivity contribution in [3.05, 3.63) is 88.4 Å². The number of carbonyl (C=O) groups is 1. The van der Waals surface area contributed by atoms with Crippen molar-refractivity contribution in [2.75, 3.05) is 9.80 Å². The van der Waals surface area contributed by atoms with E-state index in [-0.39, 0.29) is 16.9 Å². The van der Waals surface area contributed by atoms with E-state index in [1.165, 1.54) is 36.4 Å². The number of ether oxygens (including phenoxy) is 1. The number of hydrogen-bond acceptors (Lipinski definition) is 4. The predicted molar refractivity (Wildman–Crippen MR) is 127 cm³/mol. The molecular weight excluding hydrogens is 584 g/mol. The molecule has 3 aromatic carbocycles. The highest BCUT2D eigenvalue weighted by atomic mass is 79.9. The molecule has 1 saturated heterocycles. The number of benzene rings is 3. The van der Waals surface area contributed by atoms with Gasteiger partial charge in [0.2, 0.25) is 5.72 Å². The lowest BCUT2D eigenvalue weighted by Crippen LogP contribution is -2.66. The van der Waals surface area contributed by atoms with Crippen LogP contribution in [0.3, 0.4) is 0 Å². The molecule has 2 atom stereocenters. The fourth-order valence-corrected chi connectivity index (χ4v) is 4.65. The van der Waals surface area contributed by atoms with Crippen LogP contribution in [0.5, 0.6) is 5.75 Å². The molecular formula is C25H16BrF6N3O3. The standard InChI is InChI=1S/C25H16BrF6N3O3/c1-22(24(27,28)29)23(37,16-3-2-4-20(13-16)38-25(30,31)32)35(19-11-7-17(26)8-12-19)21(36)34(22)18-9-5-15(14-33)6-10-18/h2-13,37H,1H3. The summed E-state index contributed by atoms with van der Waals surface area (Å²) in [5.74, 6) is -0.895. The number of carbonyl (C=O) groups excluding carboxylic acids is 1. The number of halogens is 7. The Hall–Kier alpha value is -3.76. The Balaban J connectivity index is 2.04. The van der Waals surface area contributed by atoms with Gasteiger partial charge in [-0.15, -0.1) is 13.2 Å². The van der Waals surface area contributed by atoms with Crippen LogP contribution in [0.25, 0.3) is 0 Å². The van der Waals surface area contributed by atoms with Crippen molar-refractivity contribution in [1.82, 2.24) is 0 Å². The average Bonchev–Trinajstić information content (AvgIpc) is 3.02. The van der Waals surface area contributed by atoms with E-state index < -0.39 is 41.1 Å². The number of urea groups is 1. The van der Waals surface area contributed by atoms with Crippen LogP contribution < -0.4 is 14.5 Å². The molecule has 0 saturated carbocycles. The van der Waals surface area contributed by atoms with Crippen LogP contribution in [0.15, 0.2) is 77.3 Å². The highest BCUT2D eigenvalue weighted by molar-refractivity contribution is 9.10. The molecule has 3 aromatic rings. The van der Waals surface area contributed by atoms with Crippen LogP contribution >= 0.6 is 15.9 Å². The number of hydrogen-bond donors (Lipinski definition) is 1. The lowest BCUT2D eigenvalue weighted by Gasteiger charge is -2.45. The number of anilines is 2. The van der Waals surface area contributed by atoms with E-state index in [2.05, 4.69) is 20.7 Å². The maximum absolute atomic E-state index is 15.1. The van der Waals surface area contributed by atoms with Gasteiger partial charge in [0.05, 0.1) is 11.6 Å². The van der Waals surface area contributed by atoms with Gasteiger partial charge in [0.15, 0.2) is 5.54 Å². The second-order valence-corrected chi connectivity index (χ2v) is 9.32. The zero-order chi connectivity index (χ0) is 28.1. The Labute approximate surface area is 220 Å². The summed E-state index contributed by atoms with van der Waals surface area (Å²) in [6, 6.07) is 13.9. The lowest BCUT2D eigenvalue weighted by atomic mass is 9.81. The van der Waals surface area contributed by atoms with Crippen molar-refractivity contribution in [2.24, 2.45) is 0 Å². The number of nitrogens with zero attached hydrogens (tertiary/aromatic N) is 3. The van der Waals surface area contributed by atoms with E-state index in [1.54, 1.807) is 0 Å². The second-order valence-electron chi connectivity index (χ2n) is 8.41. The van der Waals surface area contributed by atoms with Gasteiger partial charge in [0, 0.05) is 21.4 Å². The van der Waals surface area contributed by atoms with Crippen molar-refractivity contribution >= 4 is 33.3 Å². The predicted octanol–water partition coefficient (Wildman–Crippen LogP) is 6.83. The van der Waals surface area contributed by atoms with Crippen LogP contribution in [0, 0.1) is 11.3 Å². The molecule has 1 N–H and O–H groups in total. The molecule has 2 amide bonds. The highest BCUT2D eigenvalue weighted by Gasteiger charge is 2.77. The summed E-state index contributed by atoms with van der Waals surface area (Å²) >= 11 is 3.19. The second kappa shape index (κ2) is 9.21. The molecule has 4 rings (SSSR count). The Morgan fingerprint density at radius 1 is 0.921 bits per heavy atom. The summed E-state index contributed by atoms with van der Waals surface area (Å²) in [4.78, 5) is 14.6. The number of nitriles is 1. The Kier molecular flexibility index (Phi) is 6.61. The Bertz CT molecular complexity index is 1410. The fraction of sp³-hybridized carbons (Fsp3) is 0.200. The summed E-state index contributed by atoms with van der Waals surface area (Å²) in [6.07, 6.45) is -10.5. The topological polar surface area (TPSA) is 76.8 Å². The van der Waals surface area contributed by atoms with Gasteiger partial charge >= 0.3 is 18.6 Å². The van der Waals surface area contributed by atoms with Crippen molar-refractivity contribution in [1.29, 1.82) is 5.26 Å². The minimum absolute atomic E-state index is 0.103. The van der Waals surface area contributed by atoms with E-state index in [4.69, 9.17) is 5.26 Å². The van der Waals surface area contributed by atoms with E-state index in [1.807, 2.05) is 6.07 Å². The first-order valence-corrected chi connectivity index (χ1v) is 11.5. The van der Waals surface area contributed by atoms with Gasteiger partial charge < -0.3 is 9.84 Å². The first-order chi connectivity index (χ1) is 17.6. The van der Waals surface area contributed by atoms with Gasteiger partial charge in [-0.3, -0.25) is 9.80 Å². The molecule has 6 nitrogen and oxygen atoms in total. The SMILES string of the molecule is CC1(C(F)(F)F)N(c2ccc(C#N)cc2)C(=O)N(c2ccc(Br)cc2)C1(O)c1cccc(OC(F)(F)F)c1. The van der Waals surface area contributed by atoms with Crippen molar-refractivity contribution in [3.63, 3.8) is 0 Å². The van der Waals surface area contributed by atoms with Gasteiger partial charge in [-0.25, -0.2) is 4.79 Å². The van der Waals surface area contributed by atoms with Crippen LogP contribution in [-0.4, -0.2) is 29.2 Å². The molecule has 0 spiro atoms. The number of aliphatic hydroxyl groups is 1. The van der Waals surface area contributed by atoms with Crippen LogP contribution in [0.2, 0.25) is 0 Å². The number of alkyl halides is 6. The van der Waals surface area contributed by atoms with Crippen LogP contribution in [-0.2, 0) is 5.72 Å². The van der Waals surface area contributed by atoms with Crippen molar-refractivity contribution < 1.29 is 41.0 Å². The first-order valence-electron chi connectivity index (χ1n) is 10.7. The third kappa shape index (κ3) is 4.33. The minimum Gasteiger partial charge on any atom is -0.406 e. The van der Waals surface area contributed by atoms with Crippen molar-refractivity contribution in [3.8, 4) is 11.8 Å². The third-order valence-corrected chi connectivity index (χ3v) is 6.72. The molecule has 0 aliphatic carbocycles. The maximum atomic E-state index is 15.1. The van der Waals surface area contributed by atoms with E-state index in [0.29, 0.717) is 27.3 Å². The molecule has 1 heterocycles. The smallest absolute Gasteiger partial charge is 0.406 e. The van der Waals surface area contributed by atoms with E-state index in [0.717, 1.165) is 30.3 Å². The summed E-state index contributed by atoms with van der Waals surface area (Å²) < 4.78 is 88.3. The maximum Gasteiger partial charge on any atom is 0.573 e. The monoisotopic (exact) mass is 599 g/mol. The average molecular weight is 600 g/mol. The molecule has 1 fully saturated rings.